The van der Waals surface area contributed by atoms with E-state index in [9.17, 15) is 20.2 Å². The standard InChI is InChI=1S/C14H13ClN2O3.C7H6Cl2.C7H8N2O3.CH4.H4P2.H3P/c1-20-11-6-7-13(14(8-11)17(18)19)16-9-10-4-2-3-5-12(10)15;8-5-6-3-1-2-4-7(6)9;1-12-5-2-3-6(8)7(4-5)9(10)11;;1-2;/h2-8,16H,9H2,1H3;1-4H,5H2;2-4H,8H2,1H3;1H4;1-2H2;1H3. The number of nitrogens with one attached hydrogen (secondary N) is 1. The molecule has 246 valence electrons. The molecule has 0 fully saturated rings. The quantitative estimate of drug-likeness (QED) is 0.0599. The van der Waals surface area contributed by atoms with Crippen LogP contribution in [0.15, 0.2) is 84.9 Å². The number of ether oxygens (including phenoxy) is 2. The van der Waals surface area contributed by atoms with Crippen molar-refractivity contribution in [1.82, 2.24) is 0 Å². The Bertz CT molecular complexity index is 1490. The maximum atomic E-state index is 11.1. The molecule has 0 radical (unpaired) electrons. The van der Waals surface area contributed by atoms with Crippen LogP contribution in [0.25, 0.3) is 0 Å². The van der Waals surface area contributed by atoms with Crippen molar-refractivity contribution in [3.63, 3.8) is 0 Å². The second-order valence-electron chi connectivity index (χ2n) is 7.99. The topological polar surface area (TPSA) is 143 Å². The van der Waals surface area contributed by atoms with Crippen LogP contribution in [-0.2, 0) is 12.4 Å². The lowest BCUT2D eigenvalue weighted by atomic mass is 10.2. The average Bonchev–Trinajstić information content (AvgIpc) is 3.02. The molecule has 4 aromatic carbocycles. The number of rotatable bonds is 8. The SMILES string of the molecule is C.COc1ccc(N)c([N+](=O)[O-])c1.COc1ccc(NCc2ccccc2Cl)c([N+](=O)[O-])c1.ClCc1ccccc1Cl.P.PP. The van der Waals surface area contributed by atoms with Gasteiger partial charge in [0.25, 0.3) is 11.4 Å². The Labute approximate surface area is 286 Å². The lowest BCUT2D eigenvalue weighted by Crippen LogP contribution is -2.03. The van der Waals surface area contributed by atoms with Crippen molar-refractivity contribution in [3.05, 3.63) is 126 Å². The molecule has 0 aliphatic heterocycles. The number of hydrogen-bond donors (Lipinski definition) is 2. The summed E-state index contributed by atoms with van der Waals surface area (Å²) in [5.74, 6) is 1.36. The van der Waals surface area contributed by atoms with Crippen LogP contribution in [0.3, 0.4) is 0 Å². The maximum Gasteiger partial charge on any atom is 0.296 e. The molecule has 0 aromatic heterocycles. The minimum Gasteiger partial charge on any atom is -0.496 e. The predicted molar refractivity (Wildman–Crippen MR) is 201 cm³/mol. The zero-order chi connectivity index (χ0) is 32.4. The van der Waals surface area contributed by atoms with E-state index in [0.717, 1.165) is 16.1 Å². The van der Waals surface area contributed by atoms with E-state index in [-0.39, 0.29) is 34.4 Å². The van der Waals surface area contributed by atoms with Crippen molar-refractivity contribution >= 4 is 85.3 Å². The monoisotopic (exact) mass is 736 g/mol. The number of nitrogens with zero attached hydrogens (tertiary/aromatic N) is 2. The second kappa shape index (κ2) is 24.3. The van der Waals surface area contributed by atoms with Gasteiger partial charge in [-0.1, -0.05) is 67.0 Å². The molecule has 0 spiro atoms. The fourth-order valence-electron chi connectivity index (χ4n) is 3.19. The second-order valence-corrected chi connectivity index (χ2v) is 9.07. The molecule has 0 aliphatic carbocycles. The van der Waals surface area contributed by atoms with E-state index in [2.05, 4.69) is 23.2 Å². The maximum absolute atomic E-state index is 11.1. The molecule has 3 N–H and O–H groups in total. The number of anilines is 2. The van der Waals surface area contributed by atoms with Crippen molar-refractivity contribution in [2.45, 2.75) is 19.9 Å². The summed E-state index contributed by atoms with van der Waals surface area (Å²) < 4.78 is 9.79. The number of nitrogens with two attached hydrogens (primary N) is 1. The van der Waals surface area contributed by atoms with Crippen molar-refractivity contribution in [3.8, 4) is 11.5 Å². The van der Waals surface area contributed by atoms with Crippen molar-refractivity contribution in [1.29, 1.82) is 0 Å². The fraction of sp³-hybridized carbons (Fsp3) is 0.172. The van der Waals surface area contributed by atoms with Crippen LogP contribution in [0, 0.1) is 20.2 Å². The molecule has 3 unspecified atom stereocenters. The summed E-state index contributed by atoms with van der Waals surface area (Å²) in [6.07, 6.45) is 0. The first-order valence-corrected chi connectivity index (χ1v) is 16.1. The zero-order valence-electron chi connectivity index (χ0n) is 23.9. The van der Waals surface area contributed by atoms with Gasteiger partial charge in [0.15, 0.2) is 0 Å². The third kappa shape index (κ3) is 15.3. The van der Waals surface area contributed by atoms with Gasteiger partial charge in [0.1, 0.15) is 22.9 Å². The Hall–Kier alpha value is -2.96. The van der Waals surface area contributed by atoms with Crippen LogP contribution in [0.5, 0.6) is 11.5 Å². The van der Waals surface area contributed by atoms with Gasteiger partial charge in [-0.25, -0.2) is 0 Å². The van der Waals surface area contributed by atoms with E-state index in [4.69, 9.17) is 50.0 Å². The highest BCUT2D eigenvalue weighted by Gasteiger charge is 2.15. The summed E-state index contributed by atoms with van der Waals surface area (Å²) in [6.45, 7) is 0.410. The third-order valence-electron chi connectivity index (χ3n) is 5.36. The largest absolute Gasteiger partial charge is 0.496 e. The Morgan fingerprint density at radius 1 is 0.778 bits per heavy atom. The summed E-state index contributed by atoms with van der Waals surface area (Å²) in [6, 6.07) is 23.9. The van der Waals surface area contributed by atoms with Gasteiger partial charge in [-0.2, -0.15) is 9.90 Å². The number of methoxy groups -OCH3 is 2. The molecule has 0 saturated carbocycles. The number of benzene rings is 4. The van der Waals surface area contributed by atoms with Gasteiger partial charge in [-0.3, -0.25) is 20.2 Å². The van der Waals surface area contributed by atoms with Gasteiger partial charge < -0.3 is 20.5 Å². The van der Waals surface area contributed by atoms with Crippen LogP contribution >= 0.6 is 62.6 Å². The molecular weight excluding hydrogens is 700 g/mol. The molecule has 3 atom stereocenters. The predicted octanol–water partition coefficient (Wildman–Crippen LogP) is 9.48. The molecular formula is C29H38Cl3N4O6P3. The van der Waals surface area contributed by atoms with Crippen LogP contribution in [0.1, 0.15) is 18.6 Å². The first-order chi connectivity index (χ1) is 20.6. The van der Waals surface area contributed by atoms with Crippen LogP contribution in [0.4, 0.5) is 22.7 Å². The minimum atomic E-state index is -0.544. The molecule has 4 rings (SSSR count). The minimum absolute atomic E-state index is 0. The lowest BCUT2D eigenvalue weighted by molar-refractivity contribution is -0.384. The van der Waals surface area contributed by atoms with E-state index < -0.39 is 9.85 Å². The number of alkyl halides is 1. The summed E-state index contributed by atoms with van der Waals surface area (Å²) in [5.41, 5.74) is 7.61. The Morgan fingerprint density at radius 3 is 1.64 bits per heavy atom. The number of nitrogen functional groups attached to an aromatic ring is 1. The summed E-state index contributed by atoms with van der Waals surface area (Å²) >= 11 is 17.3. The molecule has 0 saturated heterocycles. The highest BCUT2D eigenvalue weighted by molar-refractivity contribution is 7.92. The van der Waals surface area contributed by atoms with Crippen LogP contribution in [0.2, 0.25) is 10.0 Å². The smallest absolute Gasteiger partial charge is 0.296 e. The van der Waals surface area contributed by atoms with Gasteiger partial charge in [-0.05, 0) is 47.5 Å². The fourth-order valence-corrected chi connectivity index (χ4v) is 3.89. The average molecular weight is 738 g/mol. The zero-order valence-corrected chi connectivity index (χ0v) is 29.9. The van der Waals surface area contributed by atoms with Gasteiger partial charge >= 0.3 is 0 Å². The van der Waals surface area contributed by atoms with Gasteiger partial charge in [-0.15, -0.1) is 29.5 Å². The molecule has 0 bridgehead atoms. The number of halogens is 3. The van der Waals surface area contributed by atoms with Crippen LogP contribution in [-0.4, -0.2) is 24.1 Å². The van der Waals surface area contributed by atoms with E-state index in [0.29, 0.717) is 34.6 Å². The molecule has 45 heavy (non-hydrogen) atoms. The molecule has 4 aromatic rings. The van der Waals surface area contributed by atoms with Crippen molar-refractivity contribution in [2.24, 2.45) is 0 Å². The van der Waals surface area contributed by atoms with Crippen molar-refractivity contribution in [2.75, 3.05) is 25.3 Å². The first kappa shape index (κ1) is 44.2. The first-order valence-electron chi connectivity index (χ1n) is 12.1. The van der Waals surface area contributed by atoms with Gasteiger partial charge in [0.2, 0.25) is 0 Å². The number of nitro benzene ring substituents is 2. The summed E-state index contributed by atoms with van der Waals surface area (Å²) in [5, 5.41) is 25.8. The lowest BCUT2D eigenvalue weighted by Gasteiger charge is -2.09. The Kier molecular flexibility index (Phi) is 23.8. The molecule has 16 heteroatoms. The van der Waals surface area contributed by atoms with Crippen LogP contribution < -0.4 is 20.5 Å². The normalized spacial score (nSPS) is 9.04. The summed E-state index contributed by atoms with van der Waals surface area (Å²) in [7, 11) is 7.57. The van der Waals surface area contributed by atoms with Gasteiger partial charge in [0, 0.05) is 22.5 Å². The Morgan fingerprint density at radius 2 is 1.22 bits per heavy atom. The Balaban J connectivity index is 0. The van der Waals surface area contributed by atoms with Gasteiger partial charge in [0.05, 0.1) is 36.2 Å². The molecule has 0 amide bonds. The molecule has 10 nitrogen and oxygen atoms in total. The van der Waals surface area contributed by atoms with E-state index in [1.807, 2.05) is 42.5 Å². The van der Waals surface area contributed by atoms with Crippen molar-refractivity contribution < 1.29 is 19.3 Å². The third-order valence-corrected chi connectivity index (χ3v) is 6.39. The molecule has 0 heterocycles. The number of nitro groups is 2. The highest BCUT2D eigenvalue weighted by atomic mass is 35.5. The van der Waals surface area contributed by atoms with E-state index in [1.54, 1.807) is 24.3 Å². The highest BCUT2D eigenvalue weighted by Crippen LogP contribution is 2.30. The summed E-state index contributed by atoms with van der Waals surface area (Å²) in [4.78, 5) is 20.4. The van der Waals surface area contributed by atoms with E-state index >= 15 is 0 Å². The number of hydrogen-bond acceptors (Lipinski definition) is 8. The molecule has 0 aliphatic rings. The van der Waals surface area contributed by atoms with E-state index in [1.165, 1.54) is 32.4 Å².